The van der Waals surface area contributed by atoms with Crippen molar-refractivity contribution >= 4 is 6.08 Å². The highest BCUT2D eigenvalue weighted by atomic mass is 16.5. The molecule has 2 nitrogen and oxygen atoms in total. The molecule has 0 unspecified atom stereocenters. The number of hydrogen-bond acceptors (Lipinski definition) is 2. The number of rotatable bonds is 1. The third kappa shape index (κ3) is 2.34. The summed E-state index contributed by atoms with van der Waals surface area (Å²) >= 11 is 0. The lowest BCUT2D eigenvalue weighted by Gasteiger charge is -1.93. The van der Waals surface area contributed by atoms with E-state index in [-0.39, 0.29) is 0 Å². The summed E-state index contributed by atoms with van der Waals surface area (Å²) in [7, 11) is 0. The summed E-state index contributed by atoms with van der Waals surface area (Å²) < 4.78 is 0. The van der Waals surface area contributed by atoms with E-state index < -0.39 is 5.95 Å². The van der Waals surface area contributed by atoms with Crippen LogP contribution < -0.4 is 0 Å². The fourth-order valence-electron chi connectivity index (χ4n) is 0.812. The Kier molecular flexibility index (Phi) is 2.16. The highest BCUT2D eigenvalue weighted by molar-refractivity contribution is 5.49. The van der Waals surface area contributed by atoms with Gasteiger partial charge in [-0.1, -0.05) is 29.8 Å². The van der Waals surface area contributed by atoms with E-state index in [0.29, 0.717) is 0 Å². The van der Waals surface area contributed by atoms with Crippen LogP contribution in [0.25, 0.3) is 6.08 Å². The third-order valence-electron chi connectivity index (χ3n) is 1.37. The van der Waals surface area contributed by atoms with Crippen LogP contribution in [0, 0.1) is 6.92 Å². The van der Waals surface area contributed by atoms with Gasteiger partial charge < -0.3 is 10.2 Å². The Morgan fingerprint density at radius 3 is 2.18 bits per heavy atom. The molecule has 2 heteroatoms. The van der Waals surface area contributed by atoms with Gasteiger partial charge in [0.25, 0.3) is 5.95 Å². The van der Waals surface area contributed by atoms with Gasteiger partial charge in [-0.2, -0.15) is 0 Å². The number of aryl methyl sites for hydroxylation is 1. The second-order valence-electron chi connectivity index (χ2n) is 2.41. The first kappa shape index (κ1) is 7.66. The van der Waals surface area contributed by atoms with Crippen molar-refractivity contribution in [1.29, 1.82) is 0 Å². The number of aliphatic hydroxyl groups is 2. The van der Waals surface area contributed by atoms with E-state index in [1.54, 1.807) is 0 Å². The van der Waals surface area contributed by atoms with Crippen LogP contribution in [-0.2, 0) is 0 Å². The molecule has 1 aromatic rings. The van der Waals surface area contributed by atoms with Crippen molar-refractivity contribution < 1.29 is 10.2 Å². The van der Waals surface area contributed by atoms with Gasteiger partial charge in [0.15, 0.2) is 0 Å². The van der Waals surface area contributed by atoms with E-state index in [0.717, 1.165) is 11.1 Å². The van der Waals surface area contributed by atoms with Crippen LogP contribution in [-0.4, -0.2) is 10.2 Å². The van der Waals surface area contributed by atoms with Crippen molar-refractivity contribution in [2.45, 2.75) is 6.92 Å². The quantitative estimate of drug-likeness (QED) is 0.603. The van der Waals surface area contributed by atoms with E-state index in [9.17, 15) is 0 Å². The Morgan fingerprint density at radius 2 is 1.73 bits per heavy atom. The van der Waals surface area contributed by atoms with Gasteiger partial charge in [0, 0.05) is 6.08 Å². The molecule has 0 saturated carbocycles. The Labute approximate surface area is 65.4 Å². The first-order valence-electron chi connectivity index (χ1n) is 3.35. The summed E-state index contributed by atoms with van der Waals surface area (Å²) in [5.41, 5.74) is 1.94. The van der Waals surface area contributed by atoms with Crippen molar-refractivity contribution in [3.05, 3.63) is 41.3 Å². The molecule has 2 N–H and O–H groups in total. The van der Waals surface area contributed by atoms with Crippen LogP contribution in [0.1, 0.15) is 11.1 Å². The first-order valence-corrected chi connectivity index (χ1v) is 3.35. The van der Waals surface area contributed by atoms with Gasteiger partial charge in [0.05, 0.1) is 0 Å². The molecule has 0 spiro atoms. The van der Waals surface area contributed by atoms with E-state index in [1.807, 2.05) is 31.2 Å². The zero-order chi connectivity index (χ0) is 8.27. The molecule has 58 valence electrons. The van der Waals surface area contributed by atoms with Gasteiger partial charge in [-0.05, 0) is 12.5 Å². The van der Waals surface area contributed by atoms with Crippen LogP contribution in [0.2, 0.25) is 0 Å². The molecule has 0 aliphatic carbocycles. The molecular formula is C9H10O2. The number of benzene rings is 1. The van der Waals surface area contributed by atoms with E-state index in [4.69, 9.17) is 10.2 Å². The van der Waals surface area contributed by atoms with Gasteiger partial charge >= 0.3 is 0 Å². The largest absolute Gasteiger partial charge is 0.481 e. The molecule has 0 aliphatic heterocycles. The SMILES string of the molecule is Cc1ccc(C=C(O)O)cc1. The summed E-state index contributed by atoms with van der Waals surface area (Å²) in [6.07, 6.45) is 1.29. The van der Waals surface area contributed by atoms with Gasteiger partial charge in [0.1, 0.15) is 0 Å². The highest BCUT2D eigenvalue weighted by Gasteiger charge is 1.89. The molecule has 1 aromatic carbocycles. The van der Waals surface area contributed by atoms with Gasteiger partial charge in [-0.25, -0.2) is 0 Å². The zero-order valence-electron chi connectivity index (χ0n) is 6.28. The van der Waals surface area contributed by atoms with Crippen LogP contribution in [0.5, 0.6) is 0 Å². The minimum Gasteiger partial charge on any atom is -0.481 e. The predicted octanol–water partition coefficient (Wildman–Crippen LogP) is 2.41. The lowest BCUT2D eigenvalue weighted by Crippen LogP contribution is -1.78. The van der Waals surface area contributed by atoms with Crippen LogP contribution >= 0.6 is 0 Å². The van der Waals surface area contributed by atoms with Crippen LogP contribution in [0.15, 0.2) is 30.2 Å². The average Bonchev–Trinajstić information content (AvgIpc) is 1.93. The normalized spacial score (nSPS) is 9.18. The number of hydrogen-bond donors (Lipinski definition) is 2. The van der Waals surface area contributed by atoms with Crippen molar-refractivity contribution in [3.63, 3.8) is 0 Å². The molecule has 0 bridgehead atoms. The van der Waals surface area contributed by atoms with Crippen molar-refractivity contribution in [2.75, 3.05) is 0 Å². The summed E-state index contributed by atoms with van der Waals surface area (Å²) in [5.74, 6) is -0.658. The molecule has 0 aliphatic rings. The Bertz CT molecular complexity index is 255. The van der Waals surface area contributed by atoms with E-state index in [1.165, 1.54) is 6.08 Å². The molecule has 1 rings (SSSR count). The summed E-state index contributed by atoms with van der Waals surface area (Å²) in [6.45, 7) is 1.98. The second-order valence-corrected chi connectivity index (χ2v) is 2.41. The molecule has 0 saturated heterocycles. The second kappa shape index (κ2) is 3.10. The smallest absolute Gasteiger partial charge is 0.274 e. The maximum Gasteiger partial charge on any atom is 0.274 e. The summed E-state index contributed by atoms with van der Waals surface area (Å²) in [6, 6.07) is 7.47. The van der Waals surface area contributed by atoms with Crippen LogP contribution in [0.3, 0.4) is 0 Å². The molecular weight excluding hydrogens is 140 g/mol. The Morgan fingerprint density at radius 1 is 1.18 bits per heavy atom. The fraction of sp³-hybridized carbons (Fsp3) is 0.111. The fourth-order valence-corrected chi connectivity index (χ4v) is 0.812. The predicted molar refractivity (Wildman–Crippen MR) is 44.4 cm³/mol. The molecule has 0 heterocycles. The first-order chi connectivity index (χ1) is 5.18. The summed E-state index contributed by atoms with van der Waals surface area (Å²) in [4.78, 5) is 0. The van der Waals surface area contributed by atoms with Gasteiger partial charge in [-0.3, -0.25) is 0 Å². The van der Waals surface area contributed by atoms with Crippen LogP contribution in [0.4, 0.5) is 0 Å². The topological polar surface area (TPSA) is 40.5 Å². The Hall–Kier alpha value is -1.44. The highest BCUT2D eigenvalue weighted by Crippen LogP contribution is 2.05. The molecule has 0 fully saturated rings. The monoisotopic (exact) mass is 150 g/mol. The summed E-state index contributed by atoms with van der Waals surface area (Å²) in [5, 5.41) is 17.0. The maximum absolute atomic E-state index is 8.49. The molecule has 0 aromatic heterocycles. The van der Waals surface area contributed by atoms with Gasteiger partial charge in [0.2, 0.25) is 0 Å². The van der Waals surface area contributed by atoms with Gasteiger partial charge in [-0.15, -0.1) is 0 Å². The Balaban J connectivity index is 2.91. The van der Waals surface area contributed by atoms with Crippen molar-refractivity contribution in [2.24, 2.45) is 0 Å². The maximum atomic E-state index is 8.49. The zero-order valence-corrected chi connectivity index (χ0v) is 6.28. The lowest BCUT2D eigenvalue weighted by molar-refractivity contribution is 0.197. The van der Waals surface area contributed by atoms with E-state index in [2.05, 4.69) is 0 Å². The lowest BCUT2D eigenvalue weighted by atomic mass is 10.1. The molecule has 0 radical (unpaired) electrons. The van der Waals surface area contributed by atoms with Crippen molar-refractivity contribution in [3.8, 4) is 0 Å². The molecule has 0 amide bonds. The van der Waals surface area contributed by atoms with E-state index >= 15 is 0 Å². The molecule has 11 heavy (non-hydrogen) atoms. The minimum absolute atomic E-state index is 0.658. The third-order valence-corrected chi connectivity index (χ3v) is 1.37. The minimum atomic E-state index is -0.658. The molecule has 0 atom stereocenters. The van der Waals surface area contributed by atoms with Crippen molar-refractivity contribution in [1.82, 2.24) is 0 Å². The average molecular weight is 150 g/mol. The standard InChI is InChI=1S/C9H10O2/c1-7-2-4-8(5-3-7)6-9(10)11/h2-6,10-11H,1H3. The number of aliphatic hydroxyl groups excluding tert-OH is 1.